The van der Waals surface area contributed by atoms with E-state index in [0.717, 1.165) is 5.56 Å². The number of rotatable bonds is 6. The van der Waals surface area contributed by atoms with E-state index in [0.29, 0.717) is 25.2 Å². The zero-order chi connectivity index (χ0) is 15.1. The van der Waals surface area contributed by atoms with Crippen molar-refractivity contribution in [1.29, 1.82) is 0 Å². The monoisotopic (exact) mass is 313 g/mol. The Morgan fingerprint density at radius 3 is 2.14 bits per heavy atom. The Bertz CT molecular complexity index is 456. The van der Waals surface area contributed by atoms with Crippen molar-refractivity contribution in [3.63, 3.8) is 0 Å². The molecular formula is C15H24ClN3O2. The highest BCUT2D eigenvalue weighted by molar-refractivity contribution is 5.94. The summed E-state index contributed by atoms with van der Waals surface area (Å²) in [6.07, 6.45) is 0. The van der Waals surface area contributed by atoms with Gasteiger partial charge in [-0.15, -0.1) is 12.4 Å². The molecule has 3 N–H and O–H groups in total. The van der Waals surface area contributed by atoms with Crippen LogP contribution in [0.25, 0.3) is 0 Å². The van der Waals surface area contributed by atoms with Crippen LogP contribution in [0.4, 0.5) is 0 Å². The minimum absolute atomic E-state index is 0. The van der Waals surface area contributed by atoms with Gasteiger partial charge in [0, 0.05) is 25.2 Å². The van der Waals surface area contributed by atoms with E-state index in [9.17, 15) is 9.59 Å². The van der Waals surface area contributed by atoms with Crippen LogP contribution in [0.15, 0.2) is 24.3 Å². The fourth-order valence-electron chi connectivity index (χ4n) is 1.81. The highest BCUT2D eigenvalue weighted by Gasteiger charge is 2.12. The molecule has 0 spiro atoms. The summed E-state index contributed by atoms with van der Waals surface area (Å²) in [4.78, 5) is 25.2. The molecule has 0 aliphatic heterocycles. The normalized spacial score (nSPS) is 11.2. The van der Waals surface area contributed by atoms with Crippen LogP contribution in [0.5, 0.6) is 0 Å². The minimum atomic E-state index is -0.515. The number of hydrogen-bond acceptors (Lipinski definition) is 3. The van der Waals surface area contributed by atoms with E-state index in [1.54, 1.807) is 24.0 Å². The Morgan fingerprint density at radius 1 is 1.19 bits per heavy atom. The van der Waals surface area contributed by atoms with Gasteiger partial charge >= 0.3 is 0 Å². The molecule has 118 valence electrons. The predicted molar refractivity (Wildman–Crippen MR) is 86.4 cm³/mol. The molecular weight excluding hydrogens is 290 g/mol. The molecule has 0 aliphatic rings. The van der Waals surface area contributed by atoms with E-state index < -0.39 is 6.04 Å². The number of carbonyl (C=O) groups is 2. The first-order chi connectivity index (χ1) is 9.49. The zero-order valence-corrected chi connectivity index (χ0v) is 13.6. The molecule has 1 aromatic rings. The largest absolute Gasteiger partial charge is 0.351 e. The lowest BCUT2D eigenvalue weighted by molar-refractivity contribution is -0.122. The molecule has 0 fully saturated rings. The summed E-state index contributed by atoms with van der Waals surface area (Å²) in [5, 5.41) is 2.73. The van der Waals surface area contributed by atoms with Gasteiger partial charge < -0.3 is 16.0 Å². The Morgan fingerprint density at radius 2 is 1.71 bits per heavy atom. The highest BCUT2D eigenvalue weighted by atomic mass is 35.5. The van der Waals surface area contributed by atoms with Gasteiger partial charge in [0.05, 0.1) is 6.04 Å². The van der Waals surface area contributed by atoms with Crippen molar-refractivity contribution in [3.8, 4) is 0 Å². The highest BCUT2D eigenvalue weighted by Crippen LogP contribution is 2.08. The van der Waals surface area contributed by atoms with Crippen molar-refractivity contribution >= 4 is 24.2 Å². The molecule has 0 unspecified atom stereocenters. The fraction of sp³-hybridized carbons (Fsp3) is 0.467. The Balaban J connectivity index is 0.00000400. The van der Waals surface area contributed by atoms with Gasteiger partial charge in [0.1, 0.15) is 0 Å². The van der Waals surface area contributed by atoms with Crippen LogP contribution in [0.1, 0.15) is 36.7 Å². The molecule has 0 aliphatic carbocycles. The number of nitrogens with one attached hydrogen (secondary N) is 1. The van der Waals surface area contributed by atoms with E-state index >= 15 is 0 Å². The van der Waals surface area contributed by atoms with Gasteiger partial charge in [0.2, 0.25) is 5.91 Å². The standard InChI is InChI=1S/C15H23N3O2.ClH/c1-4-18(5-2)15(20)13-8-6-12(7-9-13)10-17-14(19)11(3)16;/h6-9,11H,4-5,10,16H2,1-3H3,(H,17,19);1H/t11-;/m0./s1. The number of carbonyl (C=O) groups excluding carboxylic acids is 2. The lowest BCUT2D eigenvalue weighted by Crippen LogP contribution is -2.37. The van der Waals surface area contributed by atoms with Crippen LogP contribution in [0, 0.1) is 0 Å². The van der Waals surface area contributed by atoms with Gasteiger partial charge in [-0.1, -0.05) is 12.1 Å². The molecule has 0 aromatic heterocycles. The maximum absolute atomic E-state index is 12.1. The molecule has 1 atom stereocenters. The second-order valence-electron chi connectivity index (χ2n) is 4.68. The molecule has 21 heavy (non-hydrogen) atoms. The van der Waals surface area contributed by atoms with Crippen molar-refractivity contribution < 1.29 is 9.59 Å². The summed E-state index contributed by atoms with van der Waals surface area (Å²) >= 11 is 0. The van der Waals surface area contributed by atoms with E-state index in [1.807, 2.05) is 26.0 Å². The van der Waals surface area contributed by atoms with Crippen molar-refractivity contribution in [2.75, 3.05) is 13.1 Å². The number of nitrogens with zero attached hydrogens (tertiary/aromatic N) is 1. The maximum Gasteiger partial charge on any atom is 0.253 e. The second-order valence-corrected chi connectivity index (χ2v) is 4.68. The number of nitrogens with two attached hydrogens (primary N) is 1. The molecule has 0 radical (unpaired) electrons. The summed E-state index contributed by atoms with van der Waals surface area (Å²) in [6.45, 7) is 7.36. The molecule has 0 heterocycles. The number of hydrogen-bond donors (Lipinski definition) is 2. The Hall–Kier alpha value is -1.59. The van der Waals surface area contributed by atoms with Crippen LogP contribution in [0.3, 0.4) is 0 Å². The Kier molecular flexibility index (Phi) is 8.66. The summed E-state index contributed by atoms with van der Waals surface area (Å²) in [5.74, 6) is -0.158. The molecule has 2 amide bonds. The zero-order valence-electron chi connectivity index (χ0n) is 12.8. The number of benzene rings is 1. The number of halogens is 1. The summed E-state index contributed by atoms with van der Waals surface area (Å²) < 4.78 is 0. The summed E-state index contributed by atoms with van der Waals surface area (Å²) in [6, 6.07) is 6.75. The predicted octanol–water partition coefficient (Wildman–Crippen LogP) is 1.55. The smallest absolute Gasteiger partial charge is 0.253 e. The fourth-order valence-corrected chi connectivity index (χ4v) is 1.81. The third-order valence-electron chi connectivity index (χ3n) is 3.13. The average molecular weight is 314 g/mol. The minimum Gasteiger partial charge on any atom is -0.351 e. The third-order valence-corrected chi connectivity index (χ3v) is 3.13. The lowest BCUT2D eigenvalue weighted by Gasteiger charge is -2.18. The molecule has 1 rings (SSSR count). The third kappa shape index (κ3) is 5.73. The van der Waals surface area contributed by atoms with E-state index in [1.165, 1.54) is 0 Å². The SMILES string of the molecule is CCN(CC)C(=O)c1ccc(CNC(=O)[C@H](C)N)cc1.Cl. The van der Waals surface area contributed by atoms with Gasteiger partial charge in [-0.25, -0.2) is 0 Å². The van der Waals surface area contributed by atoms with Crippen LogP contribution in [0.2, 0.25) is 0 Å². The topological polar surface area (TPSA) is 75.4 Å². The van der Waals surface area contributed by atoms with Gasteiger partial charge in [0.15, 0.2) is 0 Å². The van der Waals surface area contributed by atoms with Crippen molar-refractivity contribution in [3.05, 3.63) is 35.4 Å². The first-order valence-electron chi connectivity index (χ1n) is 6.91. The molecule has 6 heteroatoms. The molecule has 5 nitrogen and oxygen atoms in total. The lowest BCUT2D eigenvalue weighted by atomic mass is 10.1. The van der Waals surface area contributed by atoms with Crippen LogP contribution in [-0.4, -0.2) is 35.8 Å². The van der Waals surface area contributed by atoms with Gasteiger partial charge in [-0.2, -0.15) is 0 Å². The molecule has 0 bridgehead atoms. The van der Waals surface area contributed by atoms with Gasteiger partial charge in [-0.05, 0) is 38.5 Å². The van der Waals surface area contributed by atoms with Crippen LogP contribution >= 0.6 is 12.4 Å². The van der Waals surface area contributed by atoms with Crippen molar-refractivity contribution in [1.82, 2.24) is 10.2 Å². The van der Waals surface area contributed by atoms with Gasteiger partial charge in [-0.3, -0.25) is 9.59 Å². The number of amides is 2. The van der Waals surface area contributed by atoms with Gasteiger partial charge in [0.25, 0.3) is 5.91 Å². The van der Waals surface area contributed by atoms with E-state index in [2.05, 4.69) is 5.32 Å². The first-order valence-corrected chi connectivity index (χ1v) is 6.91. The van der Waals surface area contributed by atoms with Crippen LogP contribution < -0.4 is 11.1 Å². The van der Waals surface area contributed by atoms with Crippen molar-refractivity contribution in [2.45, 2.75) is 33.4 Å². The average Bonchev–Trinajstić information content (AvgIpc) is 2.46. The van der Waals surface area contributed by atoms with E-state index in [-0.39, 0.29) is 24.2 Å². The van der Waals surface area contributed by atoms with Crippen LogP contribution in [-0.2, 0) is 11.3 Å². The first kappa shape index (κ1) is 19.4. The van der Waals surface area contributed by atoms with Crippen molar-refractivity contribution in [2.24, 2.45) is 5.73 Å². The maximum atomic E-state index is 12.1. The summed E-state index contributed by atoms with van der Waals surface area (Å²) in [7, 11) is 0. The van der Waals surface area contributed by atoms with E-state index in [4.69, 9.17) is 5.73 Å². The summed E-state index contributed by atoms with van der Waals surface area (Å²) in [5.41, 5.74) is 7.07. The quantitative estimate of drug-likeness (QED) is 0.836. The molecule has 1 aromatic carbocycles. The Labute approximate surface area is 132 Å². The molecule has 0 saturated heterocycles. The second kappa shape index (κ2) is 9.37. The molecule has 0 saturated carbocycles.